The molecule has 0 aliphatic carbocycles. The summed E-state index contributed by atoms with van der Waals surface area (Å²) >= 11 is 0. The Morgan fingerprint density at radius 1 is 1.20 bits per heavy atom. The van der Waals surface area contributed by atoms with Gasteiger partial charge in [-0.2, -0.15) is 0 Å². The van der Waals surface area contributed by atoms with Gasteiger partial charge in [0.2, 0.25) is 5.95 Å². The normalized spacial score (nSPS) is 10.4. The Balaban J connectivity index is 2.03. The highest BCUT2D eigenvalue weighted by Crippen LogP contribution is 2.18. The first-order valence-corrected chi connectivity index (χ1v) is 8.25. The van der Waals surface area contributed by atoms with Gasteiger partial charge in [-0.3, -0.25) is 4.79 Å². The molecule has 0 saturated carbocycles. The highest BCUT2D eigenvalue weighted by atomic mass is 16.5. The summed E-state index contributed by atoms with van der Waals surface area (Å²) in [4.78, 5) is 20.8. The standard InChI is InChI=1S/C18H24N4O3/c1-4-25-15-8-6-14(7-9-15)21-18-20-13(2)12-16(22-18)17(23)19-10-5-11-24-3/h6-9,12H,4-5,10-11H2,1-3H3,(H,19,23)(H,20,21,22). The molecule has 0 unspecified atom stereocenters. The van der Waals surface area contributed by atoms with Gasteiger partial charge in [0.25, 0.3) is 5.91 Å². The van der Waals surface area contributed by atoms with Crippen LogP contribution in [-0.2, 0) is 4.74 Å². The van der Waals surface area contributed by atoms with Gasteiger partial charge in [-0.05, 0) is 50.6 Å². The van der Waals surface area contributed by atoms with Gasteiger partial charge in [0.1, 0.15) is 11.4 Å². The molecule has 0 saturated heterocycles. The largest absolute Gasteiger partial charge is 0.494 e. The Kier molecular flexibility index (Phi) is 7.16. The first kappa shape index (κ1) is 18.7. The van der Waals surface area contributed by atoms with Gasteiger partial charge >= 0.3 is 0 Å². The summed E-state index contributed by atoms with van der Waals surface area (Å²) in [6, 6.07) is 9.15. The molecule has 0 atom stereocenters. The van der Waals surface area contributed by atoms with E-state index in [0.717, 1.165) is 17.9 Å². The third-order valence-electron chi connectivity index (χ3n) is 3.32. The molecular weight excluding hydrogens is 320 g/mol. The Hall–Kier alpha value is -2.67. The molecule has 1 aromatic carbocycles. The van der Waals surface area contributed by atoms with E-state index in [4.69, 9.17) is 9.47 Å². The fourth-order valence-electron chi connectivity index (χ4n) is 2.18. The molecule has 2 N–H and O–H groups in total. The van der Waals surface area contributed by atoms with Gasteiger partial charge in [-0.25, -0.2) is 9.97 Å². The van der Waals surface area contributed by atoms with Gasteiger partial charge in [-0.15, -0.1) is 0 Å². The van der Waals surface area contributed by atoms with Gasteiger partial charge in [-0.1, -0.05) is 0 Å². The maximum Gasteiger partial charge on any atom is 0.270 e. The number of anilines is 2. The van der Waals surface area contributed by atoms with Crippen molar-refractivity contribution < 1.29 is 14.3 Å². The van der Waals surface area contributed by atoms with Crippen LogP contribution in [0.4, 0.5) is 11.6 Å². The van der Waals surface area contributed by atoms with Crippen molar-refractivity contribution in [3.05, 3.63) is 41.7 Å². The number of nitrogens with one attached hydrogen (secondary N) is 2. The number of aromatic nitrogens is 2. The summed E-state index contributed by atoms with van der Waals surface area (Å²) in [5, 5.41) is 5.93. The van der Waals surface area contributed by atoms with Crippen molar-refractivity contribution in [2.75, 3.05) is 32.2 Å². The van der Waals surface area contributed by atoms with Crippen molar-refractivity contribution in [2.45, 2.75) is 20.3 Å². The number of carbonyl (C=O) groups is 1. The molecule has 0 radical (unpaired) electrons. The number of carbonyl (C=O) groups excluding carboxylic acids is 1. The van der Waals surface area contributed by atoms with Crippen LogP contribution in [0.2, 0.25) is 0 Å². The lowest BCUT2D eigenvalue weighted by Gasteiger charge is -2.09. The average Bonchev–Trinajstić information content (AvgIpc) is 2.60. The topological polar surface area (TPSA) is 85.4 Å². The first-order valence-electron chi connectivity index (χ1n) is 8.25. The number of rotatable bonds is 9. The minimum Gasteiger partial charge on any atom is -0.494 e. The van der Waals surface area contributed by atoms with E-state index in [1.54, 1.807) is 13.2 Å². The van der Waals surface area contributed by atoms with E-state index < -0.39 is 0 Å². The zero-order valence-electron chi connectivity index (χ0n) is 14.8. The first-order chi connectivity index (χ1) is 12.1. The van der Waals surface area contributed by atoms with Crippen LogP contribution in [0.5, 0.6) is 5.75 Å². The van der Waals surface area contributed by atoms with Gasteiger partial charge in [0.05, 0.1) is 6.61 Å². The molecule has 25 heavy (non-hydrogen) atoms. The fraction of sp³-hybridized carbons (Fsp3) is 0.389. The van der Waals surface area contributed by atoms with Crippen LogP contribution in [0, 0.1) is 6.92 Å². The summed E-state index contributed by atoms with van der Waals surface area (Å²) in [7, 11) is 1.63. The molecule has 0 aliphatic rings. The van der Waals surface area contributed by atoms with Crippen LogP contribution in [0.1, 0.15) is 29.5 Å². The quantitative estimate of drug-likeness (QED) is 0.680. The molecular formula is C18H24N4O3. The highest BCUT2D eigenvalue weighted by Gasteiger charge is 2.10. The third kappa shape index (κ3) is 6.04. The van der Waals surface area contributed by atoms with Gasteiger partial charge < -0.3 is 20.1 Å². The molecule has 1 aromatic heterocycles. The number of hydrogen-bond donors (Lipinski definition) is 2. The smallest absolute Gasteiger partial charge is 0.270 e. The second kappa shape index (κ2) is 9.58. The molecule has 0 aliphatic heterocycles. The minimum atomic E-state index is -0.226. The van der Waals surface area contributed by atoms with Gasteiger partial charge in [0.15, 0.2) is 0 Å². The van der Waals surface area contributed by atoms with Crippen LogP contribution < -0.4 is 15.4 Å². The predicted octanol–water partition coefficient (Wildman–Crippen LogP) is 2.69. The predicted molar refractivity (Wildman–Crippen MR) is 96.5 cm³/mol. The summed E-state index contributed by atoms with van der Waals surface area (Å²) in [5.41, 5.74) is 1.87. The number of amides is 1. The molecule has 0 spiro atoms. The van der Waals surface area contributed by atoms with Crippen molar-refractivity contribution >= 4 is 17.5 Å². The maximum absolute atomic E-state index is 12.2. The number of aryl methyl sites for hydroxylation is 1. The second-order valence-electron chi connectivity index (χ2n) is 5.40. The molecule has 0 fully saturated rings. The Bertz CT molecular complexity index is 689. The Labute approximate surface area is 147 Å². The lowest BCUT2D eigenvalue weighted by atomic mass is 10.3. The van der Waals surface area contributed by atoms with Crippen LogP contribution in [0.3, 0.4) is 0 Å². The van der Waals surface area contributed by atoms with E-state index in [1.165, 1.54) is 0 Å². The fourth-order valence-corrected chi connectivity index (χ4v) is 2.18. The summed E-state index contributed by atoms with van der Waals surface area (Å²) in [5.74, 6) is 0.955. The Morgan fingerprint density at radius 2 is 1.96 bits per heavy atom. The monoisotopic (exact) mass is 344 g/mol. The minimum absolute atomic E-state index is 0.226. The molecule has 7 nitrogen and oxygen atoms in total. The SMILES string of the molecule is CCOc1ccc(Nc2nc(C)cc(C(=O)NCCCOC)n2)cc1. The molecule has 2 aromatic rings. The van der Waals surface area contributed by atoms with E-state index in [0.29, 0.717) is 37.1 Å². The molecule has 2 rings (SSSR count). The van der Waals surface area contributed by atoms with Crippen LogP contribution in [0.15, 0.2) is 30.3 Å². The van der Waals surface area contributed by atoms with Crippen molar-refractivity contribution in [3.63, 3.8) is 0 Å². The van der Waals surface area contributed by atoms with E-state index in [2.05, 4.69) is 20.6 Å². The maximum atomic E-state index is 12.2. The van der Waals surface area contributed by atoms with Crippen molar-refractivity contribution in [1.82, 2.24) is 15.3 Å². The third-order valence-corrected chi connectivity index (χ3v) is 3.32. The molecule has 134 valence electrons. The Morgan fingerprint density at radius 3 is 2.64 bits per heavy atom. The molecule has 0 bridgehead atoms. The average molecular weight is 344 g/mol. The van der Waals surface area contributed by atoms with E-state index >= 15 is 0 Å². The molecule has 1 amide bonds. The zero-order chi connectivity index (χ0) is 18.1. The van der Waals surface area contributed by atoms with Crippen LogP contribution in [-0.4, -0.2) is 42.7 Å². The van der Waals surface area contributed by atoms with E-state index in [-0.39, 0.29) is 5.91 Å². The lowest BCUT2D eigenvalue weighted by molar-refractivity contribution is 0.0943. The van der Waals surface area contributed by atoms with Crippen LogP contribution >= 0.6 is 0 Å². The number of ether oxygens (including phenoxy) is 2. The van der Waals surface area contributed by atoms with Crippen molar-refractivity contribution in [2.24, 2.45) is 0 Å². The van der Waals surface area contributed by atoms with Crippen molar-refractivity contribution in [3.8, 4) is 5.75 Å². The van der Waals surface area contributed by atoms with Crippen molar-refractivity contribution in [1.29, 1.82) is 0 Å². The molecule has 7 heteroatoms. The highest BCUT2D eigenvalue weighted by molar-refractivity contribution is 5.92. The lowest BCUT2D eigenvalue weighted by Crippen LogP contribution is -2.26. The summed E-state index contributed by atoms with van der Waals surface area (Å²) < 4.78 is 10.4. The zero-order valence-corrected chi connectivity index (χ0v) is 14.8. The number of methoxy groups -OCH3 is 1. The van der Waals surface area contributed by atoms with Crippen LogP contribution in [0.25, 0.3) is 0 Å². The number of benzene rings is 1. The summed E-state index contributed by atoms with van der Waals surface area (Å²) in [6.07, 6.45) is 0.754. The van der Waals surface area contributed by atoms with E-state index in [9.17, 15) is 4.79 Å². The second-order valence-corrected chi connectivity index (χ2v) is 5.40. The number of hydrogen-bond acceptors (Lipinski definition) is 6. The molecule has 1 heterocycles. The number of nitrogens with zero attached hydrogens (tertiary/aromatic N) is 2. The van der Waals surface area contributed by atoms with E-state index in [1.807, 2.05) is 38.1 Å². The van der Waals surface area contributed by atoms with Gasteiger partial charge in [0, 0.05) is 31.6 Å². The summed E-state index contributed by atoms with van der Waals surface area (Å²) in [6.45, 7) is 5.53.